The van der Waals surface area contributed by atoms with Crippen molar-refractivity contribution in [2.24, 2.45) is 10.4 Å². The third-order valence-electron chi connectivity index (χ3n) is 4.63. The largest absolute Gasteiger partial charge is 0.494 e. The van der Waals surface area contributed by atoms with Crippen LogP contribution < -0.4 is 15.4 Å². The fourth-order valence-electron chi connectivity index (χ4n) is 2.96. The number of guanidine groups is 1. The Labute approximate surface area is 177 Å². The average Bonchev–Trinajstić information content (AvgIpc) is 3.11. The minimum Gasteiger partial charge on any atom is -0.494 e. The lowest BCUT2D eigenvalue weighted by molar-refractivity contribution is 0.127. The number of nitrogens with zero attached hydrogens (tertiary/aromatic N) is 1. The molecule has 1 heterocycles. The van der Waals surface area contributed by atoms with Gasteiger partial charge in [0.05, 0.1) is 13.2 Å². The smallest absolute Gasteiger partial charge is 0.190 e. The van der Waals surface area contributed by atoms with Crippen molar-refractivity contribution in [3.05, 3.63) is 30.1 Å². The quantitative estimate of drug-likeness (QED) is 0.202. The van der Waals surface area contributed by atoms with Gasteiger partial charge < -0.3 is 25.2 Å². The average molecular weight is 495 g/mol. The SMILES string of the molecule is CN=C(NCCCCOc1ccc(F)cc1)NCC1(CCO)CCOC1.I. The highest BCUT2D eigenvalue weighted by Crippen LogP contribution is 2.31. The highest BCUT2D eigenvalue weighted by molar-refractivity contribution is 14.0. The second-order valence-electron chi connectivity index (χ2n) is 6.64. The molecule has 1 aromatic carbocycles. The first-order valence-electron chi connectivity index (χ1n) is 9.19. The Morgan fingerprint density at radius 2 is 2.07 bits per heavy atom. The lowest BCUT2D eigenvalue weighted by atomic mass is 9.84. The molecule has 1 atom stereocenters. The van der Waals surface area contributed by atoms with Crippen molar-refractivity contribution in [2.75, 3.05) is 46.6 Å². The summed E-state index contributed by atoms with van der Waals surface area (Å²) in [5.74, 6) is 1.18. The number of hydrogen-bond donors (Lipinski definition) is 3. The number of halogens is 2. The van der Waals surface area contributed by atoms with E-state index in [1.807, 2.05) is 0 Å². The Hall–Kier alpha value is -1.13. The molecule has 1 aliphatic heterocycles. The van der Waals surface area contributed by atoms with Crippen molar-refractivity contribution in [3.63, 3.8) is 0 Å². The Kier molecular flexibility index (Phi) is 11.6. The number of rotatable bonds is 10. The van der Waals surface area contributed by atoms with Gasteiger partial charge in [-0.1, -0.05) is 0 Å². The van der Waals surface area contributed by atoms with Gasteiger partial charge in [-0.3, -0.25) is 4.99 Å². The zero-order valence-electron chi connectivity index (χ0n) is 15.9. The summed E-state index contributed by atoms with van der Waals surface area (Å²) in [7, 11) is 1.75. The molecule has 154 valence electrons. The molecule has 1 unspecified atom stereocenters. The zero-order chi connectivity index (χ0) is 18.7. The van der Waals surface area contributed by atoms with Gasteiger partial charge >= 0.3 is 0 Å². The van der Waals surface area contributed by atoms with E-state index in [9.17, 15) is 9.50 Å². The van der Waals surface area contributed by atoms with Gasteiger partial charge in [0.15, 0.2) is 5.96 Å². The molecule has 3 N–H and O–H groups in total. The van der Waals surface area contributed by atoms with E-state index < -0.39 is 0 Å². The normalized spacial score (nSPS) is 19.4. The second kappa shape index (κ2) is 13.1. The molecule has 0 bridgehead atoms. The highest BCUT2D eigenvalue weighted by atomic mass is 127. The molecule has 2 rings (SSSR count). The van der Waals surface area contributed by atoms with E-state index >= 15 is 0 Å². The van der Waals surface area contributed by atoms with Gasteiger partial charge in [-0.25, -0.2) is 4.39 Å². The summed E-state index contributed by atoms with van der Waals surface area (Å²) in [6.07, 6.45) is 3.52. The van der Waals surface area contributed by atoms with E-state index in [0.29, 0.717) is 19.0 Å². The van der Waals surface area contributed by atoms with Crippen molar-refractivity contribution in [1.29, 1.82) is 0 Å². The van der Waals surface area contributed by atoms with E-state index in [-0.39, 0.29) is 41.8 Å². The molecular weight excluding hydrogens is 464 g/mol. The first-order valence-corrected chi connectivity index (χ1v) is 9.19. The molecule has 1 aliphatic rings. The van der Waals surface area contributed by atoms with Gasteiger partial charge in [0.2, 0.25) is 0 Å². The number of aliphatic hydroxyl groups is 1. The molecule has 0 amide bonds. The van der Waals surface area contributed by atoms with Crippen molar-refractivity contribution < 1.29 is 19.0 Å². The van der Waals surface area contributed by atoms with Crippen molar-refractivity contribution in [1.82, 2.24) is 10.6 Å². The van der Waals surface area contributed by atoms with Crippen molar-refractivity contribution >= 4 is 29.9 Å². The number of aliphatic imine (C=N–C) groups is 1. The molecule has 0 spiro atoms. The molecule has 0 saturated carbocycles. The number of unbranched alkanes of at least 4 members (excludes halogenated alkanes) is 1. The molecule has 1 fully saturated rings. The van der Waals surface area contributed by atoms with Crippen LogP contribution in [0.15, 0.2) is 29.3 Å². The third kappa shape index (κ3) is 8.61. The molecular formula is C19H31FIN3O3. The molecule has 6 nitrogen and oxygen atoms in total. The fourth-order valence-corrected chi connectivity index (χ4v) is 2.96. The van der Waals surface area contributed by atoms with E-state index in [1.54, 1.807) is 19.2 Å². The lowest BCUT2D eigenvalue weighted by Gasteiger charge is -2.27. The monoisotopic (exact) mass is 495 g/mol. The van der Waals surface area contributed by atoms with Crippen LogP contribution in [0.2, 0.25) is 0 Å². The van der Waals surface area contributed by atoms with Gasteiger partial charge in [0.1, 0.15) is 11.6 Å². The summed E-state index contributed by atoms with van der Waals surface area (Å²) in [5, 5.41) is 15.9. The van der Waals surface area contributed by atoms with E-state index in [4.69, 9.17) is 9.47 Å². The Morgan fingerprint density at radius 3 is 2.70 bits per heavy atom. The van der Waals surface area contributed by atoms with Crippen LogP contribution in [-0.2, 0) is 4.74 Å². The predicted octanol–water partition coefficient (Wildman–Crippen LogP) is 2.56. The van der Waals surface area contributed by atoms with Crippen LogP contribution in [0.3, 0.4) is 0 Å². The van der Waals surface area contributed by atoms with Gasteiger partial charge in [0.25, 0.3) is 0 Å². The van der Waals surface area contributed by atoms with E-state index in [1.165, 1.54) is 12.1 Å². The number of nitrogens with one attached hydrogen (secondary N) is 2. The molecule has 27 heavy (non-hydrogen) atoms. The third-order valence-corrected chi connectivity index (χ3v) is 4.63. The minimum absolute atomic E-state index is 0. The maximum Gasteiger partial charge on any atom is 0.190 e. The summed E-state index contributed by atoms with van der Waals surface area (Å²) in [6.45, 7) is 3.72. The van der Waals surface area contributed by atoms with E-state index in [2.05, 4.69) is 15.6 Å². The number of hydrogen-bond acceptors (Lipinski definition) is 4. The zero-order valence-corrected chi connectivity index (χ0v) is 18.2. The summed E-state index contributed by atoms with van der Waals surface area (Å²) < 4.78 is 23.9. The molecule has 1 aromatic rings. The van der Waals surface area contributed by atoms with Crippen LogP contribution in [0.5, 0.6) is 5.75 Å². The maximum absolute atomic E-state index is 12.8. The minimum atomic E-state index is -0.259. The number of benzene rings is 1. The standard InChI is InChI=1S/C19H30FN3O3.HI/c1-21-18(23-14-19(8-11-24)9-13-25-15-19)22-10-2-3-12-26-17-6-4-16(20)5-7-17;/h4-7,24H,2-3,8-15H2,1H3,(H2,21,22,23);1H. The van der Waals surface area contributed by atoms with Crippen LogP contribution >= 0.6 is 24.0 Å². The van der Waals surface area contributed by atoms with E-state index in [0.717, 1.165) is 51.3 Å². The number of ether oxygens (including phenoxy) is 2. The van der Waals surface area contributed by atoms with Crippen LogP contribution in [0.4, 0.5) is 4.39 Å². The highest BCUT2D eigenvalue weighted by Gasteiger charge is 2.34. The Bertz CT molecular complexity index is 552. The fraction of sp³-hybridized carbons (Fsp3) is 0.632. The van der Waals surface area contributed by atoms with Crippen LogP contribution in [0.25, 0.3) is 0 Å². The van der Waals surface area contributed by atoms with Gasteiger partial charge in [-0.2, -0.15) is 0 Å². The molecule has 0 radical (unpaired) electrons. The van der Waals surface area contributed by atoms with Crippen LogP contribution in [-0.4, -0.2) is 57.6 Å². The van der Waals surface area contributed by atoms with Crippen LogP contribution in [0, 0.1) is 11.2 Å². The topological polar surface area (TPSA) is 75.1 Å². The van der Waals surface area contributed by atoms with Gasteiger partial charge in [0, 0.05) is 38.8 Å². The summed E-state index contributed by atoms with van der Waals surface area (Å²) in [6, 6.07) is 6.06. The van der Waals surface area contributed by atoms with Gasteiger partial charge in [-0.15, -0.1) is 24.0 Å². The van der Waals surface area contributed by atoms with Crippen LogP contribution in [0.1, 0.15) is 25.7 Å². The van der Waals surface area contributed by atoms with Crippen molar-refractivity contribution in [3.8, 4) is 5.75 Å². The molecule has 8 heteroatoms. The Balaban J connectivity index is 0.00000364. The first-order chi connectivity index (χ1) is 12.7. The molecule has 1 saturated heterocycles. The van der Waals surface area contributed by atoms with Crippen molar-refractivity contribution in [2.45, 2.75) is 25.7 Å². The summed E-state index contributed by atoms with van der Waals surface area (Å²) in [5.41, 5.74) is -0.00460. The first kappa shape index (κ1) is 23.9. The Morgan fingerprint density at radius 1 is 1.30 bits per heavy atom. The predicted molar refractivity (Wildman–Crippen MR) is 115 cm³/mol. The molecule has 0 aliphatic carbocycles. The second-order valence-corrected chi connectivity index (χ2v) is 6.64. The lowest BCUT2D eigenvalue weighted by Crippen LogP contribution is -2.44. The summed E-state index contributed by atoms with van der Waals surface area (Å²) >= 11 is 0. The summed E-state index contributed by atoms with van der Waals surface area (Å²) in [4.78, 5) is 4.24. The number of aliphatic hydroxyl groups excluding tert-OH is 1. The van der Waals surface area contributed by atoms with Gasteiger partial charge in [-0.05, 0) is 49.9 Å². The maximum atomic E-state index is 12.8. The molecule has 0 aromatic heterocycles.